The third-order valence-electron chi connectivity index (χ3n) is 8.14. The van der Waals surface area contributed by atoms with Gasteiger partial charge in [-0.3, -0.25) is 24.0 Å². The number of rotatable bonds is 7. The number of benzene rings is 1. The fraction of sp³-hybridized carbons (Fsp3) is 0.548. The van der Waals surface area contributed by atoms with Gasteiger partial charge in [-0.05, 0) is 42.7 Å². The van der Waals surface area contributed by atoms with Crippen molar-refractivity contribution in [3.8, 4) is 0 Å². The molecule has 0 aliphatic carbocycles. The molecule has 0 saturated carbocycles. The summed E-state index contributed by atoms with van der Waals surface area (Å²) in [4.78, 5) is 84.2. The molecule has 2 aliphatic heterocycles. The molecule has 2 saturated heterocycles. The van der Waals surface area contributed by atoms with Gasteiger partial charge in [0, 0.05) is 42.5 Å². The van der Waals surface area contributed by atoms with Crippen molar-refractivity contribution in [1.29, 1.82) is 0 Å². The van der Waals surface area contributed by atoms with Crippen molar-refractivity contribution in [3.05, 3.63) is 36.0 Å². The summed E-state index contributed by atoms with van der Waals surface area (Å²) in [6.45, 7) is 7.45. The molecule has 1 unspecified atom stereocenters. The van der Waals surface area contributed by atoms with Crippen molar-refractivity contribution >= 4 is 46.4 Å². The molecule has 4 rings (SSSR count). The zero-order chi connectivity index (χ0) is 32.1. The standard InChI is InChI=1S/C31H42N6O7.Na/c1-16(2)12-21-27(40)33-22(13-18-15-32-20-9-6-5-8-19(18)20)28(41)35-23(14-25(38)39)31(44)37-11-7-10-24(37)29(42)36-26(17(3)4)30(43)34-21;/h5-6,8-9,15-17,21-24,26,32H,7,10-14H2,1-4H3,(H,33,40)(H,34,43)(H,35,41)(H,36,42)(H,38,39);/q;+1/p-1/t21?,22-,23-,24+,26-;/m1./s1. The van der Waals surface area contributed by atoms with Gasteiger partial charge in [0.15, 0.2) is 0 Å². The second kappa shape index (κ2) is 15.7. The van der Waals surface area contributed by atoms with E-state index in [9.17, 15) is 33.9 Å². The summed E-state index contributed by atoms with van der Waals surface area (Å²) < 4.78 is 0. The van der Waals surface area contributed by atoms with E-state index in [1.54, 1.807) is 20.0 Å². The minimum atomic E-state index is -1.56. The number of nitrogens with one attached hydrogen (secondary N) is 5. The van der Waals surface area contributed by atoms with E-state index in [2.05, 4.69) is 26.3 Å². The van der Waals surface area contributed by atoms with Crippen LogP contribution in [-0.4, -0.2) is 82.1 Å². The molecular weight excluding hydrogens is 591 g/mol. The Balaban J connectivity index is 0.00000552. The van der Waals surface area contributed by atoms with Crippen molar-refractivity contribution in [2.24, 2.45) is 11.8 Å². The number of hydrogen-bond donors (Lipinski definition) is 5. The molecule has 1 aromatic heterocycles. The molecule has 13 nitrogen and oxygen atoms in total. The molecule has 238 valence electrons. The van der Waals surface area contributed by atoms with E-state index in [1.165, 1.54) is 4.90 Å². The number of fused-ring (bicyclic) bond motifs is 2. The number of nitrogens with zero attached hydrogens (tertiary/aromatic N) is 1. The molecule has 0 radical (unpaired) electrons. The van der Waals surface area contributed by atoms with Crippen LogP contribution in [-0.2, 0) is 35.2 Å². The second-order valence-electron chi connectivity index (χ2n) is 12.4. The number of aromatic amines is 1. The quantitative estimate of drug-likeness (QED) is 0.196. The zero-order valence-electron chi connectivity index (χ0n) is 26.5. The summed E-state index contributed by atoms with van der Waals surface area (Å²) >= 11 is 0. The van der Waals surface area contributed by atoms with Crippen LogP contribution in [0.1, 0.15) is 58.9 Å². The molecule has 2 aliphatic rings. The van der Waals surface area contributed by atoms with Gasteiger partial charge in [-0.2, -0.15) is 0 Å². The van der Waals surface area contributed by atoms with Gasteiger partial charge < -0.3 is 41.1 Å². The number of carboxylic acids is 1. The van der Waals surface area contributed by atoms with E-state index in [-0.39, 0.29) is 60.8 Å². The number of H-pyrrole nitrogens is 1. The largest absolute Gasteiger partial charge is 1.00 e. The van der Waals surface area contributed by atoms with Gasteiger partial charge in [0.2, 0.25) is 29.5 Å². The number of para-hydroxylation sites is 1. The normalized spacial score (nSPS) is 25.1. The summed E-state index contributed by atoms with van der Waals surface area (Å²) in [5, 5.41) is 23.3. The van der Waals surface area contributed by atoms with Crippen LogP contribution in [0.5, 0.6) is 0 Å². The Labute approximate surface area is 284 Å². The first-order valence-corrected chi connectivity index (χ1v) is 15.1. The average molecular weight is 633 g/mol. The maximum absolute atomic E-state index is 13.8. The Morgan fingerprint density at radius 1 is 0.889 bits per heavy atom. The molecule has 45 heavy (non-hydrogen) atoms. The Hall–Kier alpha value is -3.42. The van der Waals surface area contributed by atoms with E-state index in [0.29, 0.717) is 18.4 Å². The van der Waals surface area contributed by atoms with Crippen molar-refractivity contribution in [1.82, 2.24) is 31.2 Å². The third-order valence-corrected chi connectivity index (χ3v) is 8.14. The number of carbonyl (C=O) groups excluding carboxylic acids is 6. The maximum atomic E-state index is 13.8. The fourth-order valence-corrected chi connectivity index (χ4v) is 5.89. The SMILES string of the molecule is CC(C)CC1NC(=O)[C@@H](C(C)C)NC(=O)[C@@H]2CCCN2C(=O)[C@@H](CC(=O)[O-])NC(=O)[C@@H](Cc2c[nH]c3ccccc23)NC1=O.[Na+]. The van der Waals surface area contributed by atoms with Crippen LogP contribution in [0.15, 0.2) is 30.5 Å². The third kappa shape index (κ3) is 8.86. The van der Waals surface area contributed by atoms with Gasteiger partial charge in [0.25, 0.3) is 0 Å². The van der Waals surface area contributed by atoms with Crippen LogP contribution in [0.25, 0.3) is 10.9 Å². The van der Waals surface area contributed by atoms with E-state index in [1.807, 2.05) is 38.1 Å². The van der Waals surface area contributed by atoms with E-state index in [4.69, 9.17) is 0 Å². The number of aromatic nitrogens is 1. The molecule has 1 aromatic carbocycles. The molecule has 0 spiro atoms. The minimum Gasteiger partial charge on any atom is -0.550 e. The van der Waals surface area contributed by atoms with E-state index >= 15 is 0 Å². The Bertz CT molecular complexity index is 1430. The molecule has 2 aromatic rings. The maximum Gasteiger partial charge on any atom is 1.00 e. The van der Waals surface area contributed by atoms with E-state index in [0.717, 1.165) is 10.9 Å². The predicted molar refractivity (Wildman–Crippen MR) is 158 cm³/mol. The van der Waals surface area contributed by atoms with Gasteiger partial charge in [0.1, 0.15) is 30.2 Å². The molecule has 0 bridgehead atoms. The van der Waals surface area contributed by atoms with Crippen molar-refractivity contribution in [2.75, 3.05) is 6.54 Å². The topological polar surface area (TPSA) is 193 Å². The summed E-state index contributed by atoms with van der Waals surface area (Å²) in [5.41, 5.74) is 1.53. The van der Waals surface area contributed by atoms with Crippen LogP contribution in [0.3, 0.4) is 0 Å². The van der Waals surface area contributed by atoms with Crippen molar-refractivity contribution in [3.63, 3.8) is 0 Å². The fourth-order valence-electron chi connectivity index (χ4n) is 5.89. The Kier molecular flexibility index (Phi) is 12.6. The monoisotopic (exact) mass is 632 g/mol. The number of hydrogen-bond acceptors (Lipinski definition) is 7. The number of aliphatic carboxylic acids is 1. The minimum absolute atomic E-state index is 0. The van der Waals surface area contributed by atoms with Crippen LogP contribution in [0.2, 0.25) is 0 Å². The molecule has 5 atom stereocenters. The molecular formula is C31H41N6NaO7. The summed E-state index contributed by atoms with van der Waals surface area (Å²) in [6, 6.07) is 1.64. The van der Waals surface area contributed by atoms with Gasteiger partial charge in [-0.25, -0.2) is 0 Å². The van der Waals surface area contributed by atoms with Gasteiger partial charge in [0.05, 0.1) is 0 Å². The second-order valence-corrected chi connectivity index (χ2v) is 12.4. The zero-order valence-corrected chi connectivity index (χ0v) is 28.5. The van der Waals surface area contributed by atoms with Crippen LogP contribution in [0.4, 0.5) is 0 Å². The Morgan fingerprint density at radius 2 is 1.53 bits per heavy atom. The van der Waals surface area contributed by atoms with Gasteiger partial charge in [-0.1, -0.05) is 45.9 Å². The van der Waals surface area contributed by atoms with Crippen LogP contribution < -0.4 is 55.9 Å². The van der Waals surface area contributed by atoms with Crippen molar-refractivity contribution < 1.29 is 63.4 Å². The molecule has 3 heterocycles. The average Bonchev–Trinajstić information content (AvgIpc) is 3.61. The molecule has 5 amide bonds. The summed E-state index contributed by atoms with van der Waals surface area (Å²) in [6.07, 6.45) is 1.93. The first-order valence-electron chi connectivity index (χ1n) is 15.1. The molecule has 5 N–H and O–H groups in total. The van der Waals surface area contributed by atoms with Gasteiger partial charge >= 0.3 is 29.6 Å². The van der Waals surface area contributed by atoms with Crippen molar-refractivity contribution in [2.45, 2.75) is 90.0 Å². The predicted octanol–water partition coefficient (Wildman–Crippen LogP) is -3.50. The first kappa shape index (κ1) is 36.1. The molecule has 14 heteroatoms. The number of amides is 5. The van der Waals surface area contributed by atoms with Crippen LogP contribution in [0, 0.1) is 11.8 Å². The van der Waals surface area contributed by atoms with Crippen LogP contribution >= 0.6 is 0 Å². The molecule has 2 fully saturated rings. The van der Waals surface area contributed by atoms with Gasteiger partial charge in [-0.15, -0.1) is 0 Å². The summed E-state index contributed by atoms with van der Waals surface area (Å²) in [5.74, 6) is -5.23. The number of carboxylic acid groups (broad SMARTS) is 1. The smallest absolute Gasteiger partial charge is 0.550 e. The number of carbonyl (C=O) groups is 6. The Morgan fingerprint density at radius 3 is 2.20 bits per heavy atom. The van der Waals surface area contributed by atoms with E-state index < -0.39 is 72.1 Å². The summed E-state index contributed by atoms with van der Waals surface area (Å²) in [7, 11) is 0. The first-order chi connectivity index (χ1) is 20.8.